The Balaban J connectivity index is 3.28. The second kappa shape index (κ2) is 4.53. The van der Waals surface area contributed by atoms with Gasteiger partial charge in [0, 0.05) is 10.5 Å². The van der Waals surface area contributed by atoms with Gasteiger partial charge in [-0.1, -0.05) is 66.0 Å². The quantitative estimate of drug-likeness (QED) is 0.544. The summed E-state index contributed by atoms with van der Waals surface area (Å²) in [6.07, 6.45) is 0. The summed E-state index contributed by atoms with van der Waals surface area (Å²) in [6.45, 7) is 0. The zero-order chi connectivity index (χ0) is 10.1. The topological polar surface area (TPSA) is 40.1 Å². The predicted octanol–water partition coefficient (Wildman–Crippen LogP) is 3.22. The van der Waals surface area contributed by atoms with Crippen molar-refractivity contribution in [3.63, 3.8) is 0 Å². The first kappa shape index (κ1) is 11.8. The summed E-state index contributed by atoms with van der Waals surface area (Å²) in [5.41, 5.74) is 0.614. The second-order valence-corrected chi connectivity index (χ2v) is 9.90. The first-order valence-electron chi connectivity index (χ1n) is 3.18. The van der Waals surface area contributed by atoms with Gasteiger partial charge in [0.15, 0.2) is 2.14 Å². The minimum Gasteiger partial charge on any atom is -0.768 e. The summed E-state index contributed by atoms with van der Waals surface area (Å²) >= 11 is 7.57. The molecule has 0 aliphatic rings. The third-order valence-electron chi connectivity index (χ3n) is 1.37. The maximum atomic E-state index is 10.8. The van der Waals surface area contributed by atoms with Gasteiger partial charge in [-0.2, -0.15) is 0 Å². The van der Waals surface area contributed by atoms with Gasteiger partial charge in [-0.15, -0.1) is 0 Å². The van der Waals surface area contributed by atoms with Crippen molar-refractivity contribution in [2.75, 3.05) is 0 Å². The highest BCUT2D eigenvalue weighted by molar-refractivity contribution is 9.38. The minimum absolute atomic E-state index is 0.258. The molecule has 6 heteroatoms. The van der Waals surface area contributed by atoms with E-state index in [1.165, 1.54) is 6.07 Å². The average Bonchev–Trinajstić information content (AvgIpc) is 2.03. The van der Waals surface area contributed by atoms with Crippen molar-refractivity contribution in [2.45, 2.75) is 7.04 Å². The molecule has 0 aliphatic carbocycles. The molecule has 0 heterocycles. The monoisotopic (exact) mass is 389 g/mol. The fourth-order valence-electron chi connectivity index (χ4n) is 0.846. The summed E-state index contributed by atoms with van der Waals surface area (Å²) in [5.74, 6) is 0. The van der Waals surface area contributed by atoms with E-state index >= 15 is 0 Å². The van der Waals surface area contributed by atoms with Crippen LogP contribution < -0.4 is 0 Å². The van der Waals surface area contributed by atoms with E-state index in [0.29, 0.717) is 5.56 Å². The standard InChI is InChI=1S/C7H5Br3O2S/c8-7(9,10)5-3-1-2-4-6(5)13(11)12/h1-4H,(H,11,12)/p-1. The molecule has 1 rings (SSSR count). The van der Waals surface area contributed by atoms with E-state index < -0.39 is 13.2 Å². The first-order valence-corrected chi connectivity index (χ1v) is 6.64. The number of hydrogen-bond acceptors (Lipinski definition) is 2. The summed E-state index contributed by atoms with van der Waals surface area (Å²) < 4.78 is 20.9. The van der Waals surface area contributed by atoms with E-state index in [1.54, 1.807) is 18.2 Å². The zero-order valence-corrected chi connectivity index (χ0v) is 11.7. The lowest BCUT2D eigenvalue weighted by atomic mass is 10.2. The van der Waals surface area contributed by atoms with E-state index in [-0.39, 0.29) is 4.90 Å². The highest BCUT2D eigenvalue weighted by Crippen LogP contribution is 2.46. The Labute approximate surface area is 104 Å². The van der Waals surface area contributed by atoms with E-state index in [1.807, 2.05) is 0 Å². The molecule has 0 N–H and O–H groups in total. The van der Waals surface area contributed by atoms with E-state index in [2.05, 4.69) is 47.8 Å². The minimum atomic E-state index is -2.23. The Hall–Kier alpha value is 0.770. The molecule has 0 fully saturated rings. The van der Waals surface area contributed by atoms with Crippen molar-refractivity contribution in [3.8, 4) is 0 Å². The van der Waals surface area contributed by atoms with Crippen molar-refractivity contribution in [1.29, 1.82) is 0 Å². The largest absolute Gasteiger partial charge is 0.768 e. The molecule has 0 amide bonds. The van der Waals surface area contributed by atoms with Crippen molar-refractivity contribution < 1.29 is 8.76 Å². The maximum Gasteiger partial charge on any atom is 0.161 e. The molecule has 2 nitrogen and oxygen atoms in total. The molecule has 1 unspecified atom stereocenters. The van der Waals surface area contributed by atoms with E-state index in [9.17, 15) is 8.76 Å². The Morgan fingerprint density at radius 3 is 2.15 bits per heavy atom. The molecule has 0 bridgehead atoms. The number of hydrogen-bond donors (Lipinski definition) is 0. The number of rotatable bonds is 1. The van der Waals surface area contributed by atoms with E-state index in [4.69, 9.17) is 0 Å². The van der Waals surface area contributed by atoms with Crippen LogP contribution in [-0.4, -0.2) is 8.76 Å². The van der Waals surface area contributed by atoms with Crippen LogP contribution in [-0.2, 0) is 13.2 Å². The van der Waals surface area contributed by atoms with Crippen LogP contribution in [0.5, 0.6) is 0 Å². The summed E-state index contributed by atoms with van der Waals surface area (Å²) in [6, 6.07) is 6.69. The Kier molecular flexibility index (Phi) is 4.12. The zero-order valence-electron chi connectivity index (χ0n) is 6.17. The van der Waals surface area contributed by atoms with Crippen LogP contribution in [0.2, 0.25) is 0 Å². The number of benzene rings is 1. The van der Waals surface area contributed by atoms with Gasteiger partial charge in [-0.25, -0.2) is 0 Å². The Morgan fingerprint density at radius 1 is 1.23 bits per heavy atom. The third kappa shape index (κ3) is 3.13. The summed E-state index contributed by atoms with van der Waals surface area (Å²) in [5, 5.41) is 0. The van der Waals surface area contributed by atoms with E-state index in [0.717, 1.165) is 0 Å². The fraction of sp³-hybridized carbons (Fsp3) is 0.143. The molecule has 0 spiro atoms. The lowest BCUT2D eigenvalue weighted by Gasteiger charge is -2.18. The molecule has 1 aromatic carbocycles. The van der Waals surface area contributed by atoms with Gasteiger partial charge < -0.3 is 4.55 Å². The van der Waals surface area contributed by atoms with Gasteiger partial charge in [0.1, 0.15) is 0 Å². The van der Waals surface area contributed by atoms with Crippen molar-refractivity contribution in [3.05, 3.63) is 29.8 Å². The van der Waals surface area contributed by atoms with Crippen LogP contribution in [0.15, 0.2) is 29.2 Å². The van der Waals surface area contributed by atoms with Gasteiger partial charge in [-0.05, 0) is 17.1 Å². The van der Waals surface area contributed by atoms with Gasteiger partial charge >= 0.3 is 0 Å². The molecule has 1 atom stereocenters. The van der Waals surface area contributed by atoms with Crippen LogP contribution in [0.4, 0.5) is 0 Å². The van der Waals surface area contributed by atoms with Crippen LogP contribution in [0, 0.1) is 0 Å². The van der Waals surface area contributed by atoms with Gasteiger partial charge in [-0.3, -0.25) is 4.21 Å². The SMILES string of the molecule is O=S([O-])c1ccccc1C(Br)(Br)Br. The lowest BCUT2D eigenvalue weighted by molar-refractivity contribution is 0.536. The van der Waals surface area contributed by atoms with Crippen molar-refractivity contribution in [2.24, 2.45) is 0 Å². The molecule has 0 radical (unpaired) electrons. The predicted molar refractivity (Wildman–Crippen MR) is 62.1 cm³/mol. The Bertz CT molecular complexity index is 335. The second-order valence-electron chi connectivity index (χ2n) is 2.23. The highest BCUT2D eigenvalue weighted by Gasteiger charge is 2.23. The smallest absolute Gasteiger partial charge is 0.161 e. The van der Waals surface area contributed by atoms with Crippen molar-refractivity contribution >= 4 is 58.9 Å². The normalized spacial score (nSPS) is 14.2. The number of alkyl halides is 3. The molecule has 1 aromatic rings. The van der Waals surface area contributed by atoms with Gasteiger partial charge in [0.05, 0.1) is 0 Å². The van der Waals surface area contributed by atoms with Gasteiger partial charge in [0.2, 0.25) is 0 Å². The summed E-state index contributed by atoms with van der Waals surface area (Å²) in [7, 11) is 0. The number of halogens is 3. The molecule has 0 aromatic heterocycles. The molecule has 72 valence electrons. The van der Waals surface area contributed by atoms with Crippen LogP contribution in [0.3, 0.4) is 0 Å². The third-order valence-corrected chi connectivity index (χ3v) is 3.37. The molecule has 0 saturated heterocycles. The van der Waals surface area contributed by atoms with Gasteiger partial charge in [0.25, 0.3) is 0 Å². The molecule has 0 aliphatic heterocycles. The molecule has 0 saturated carbocycles. The highest BCUT2D eigenvalue weighted by atomic mass is 80.0. The molecular weight excluding hydrogens is 388 g/mol. The maximum absolute atomic E-state index is 10.8. The van der Waals surface area contributed by atoms with Crippen LogP contribution in [0.1, 0.15) is 5.56 Å². The molecular formula is C7H4Br3O2S-. The summed E-state index contributed by atoms with van der Waals surface area (Å²) in [4.78, 5) is 0.258. The fourth-order valence-corrected chi connectivity index (χ4v) is 2.87. The average molecular weight is 392 g/mol. The van der Waals surface area contributed by atoms with Crippen molar-refractivity contribution in [1.82, 2.24) is 0 Å². The van der Waals surface area contributed by atoms with Crippen LogP contribution >= 0.6 is 47.8 Å². The lowest BCUT2D eigenvalue weighted by Crippen LogP contribution is -2.04. The first-order chi connectivity index (χ1) is 5.93. The molecule has 13 heavy (non-hydrogen) atoms. The Morgan fingerprint density at radius 2 is 1.77 bits per heavy atom. The van der Waals surface area contributed by atoms with Crippen LogP contribution in [0.25, 0.3) is 0 Å².